The quantitative estimate of drug-likeness (QED) is 0.290. The predicted molar refractivity (Wildman–Crippen MR) is 156 cm³/mol. The van der Waals surface area contributed by atoms with Gasteiger partial charge in [-0.15, -0.1) is 11.8 Å². The number of β-lactam (4-membered cyclic amide) rings is 1. The van der Waals surface area contributed by atoms with E-state index in [2.05, 4.69) is 44.3 Å². The first-order valence-electron chi connectivity index (χ1n) is 11.5. The molecule has 0 spiro atoms. The molecule has 0 bridgehead atoms. The van der Waals surface area contributed by atoms with Gasteiger partial charge in [0.05, 0.1) is 13.0 Å². The number of carboxylic acids is 1. The molecule has 2 aromatic carbocycles. The van der Waals surface area contributed by atoms with Crippen molar-refractivity contribution in [3.05, 3.63) is 73.8 Å². The fraction of sp³-hybridized carbons (Fsp3) is 0.280. The van der Waals surface area contributed by atoms with Crippen molar-refractivity contribution >= 4 is 80.8 Å². The number of carbonyl (C=O) groups excluding carboxylic acids is 2. The van der Waals surface area contributed by atoms with Crippen molar-refractivity contribution in [3.8, 4) is 0 Å². The van der Waals surface area contributed by atoms with Crippen molar-refractivity contribution in [3.63, 3.8) is 0 Å². The van der Waals surface area contributed by atoms with E-state index in [9.17, 15) is 19.5 Å². The molecule has 1 saturated heterocycles. The number of amides is 2. The van der Waals surface area contributed by atoms with Crippen LogP contribution in [0.4, 0.5) is 0 Å². The van der Waals surface area contributed by atoms with Crippen LogP contribution in [0, 0.1) is 3.57 Å². The van der Waals surface area contributed by atoms with Crippen LogP contribution in [0.2, 0.25) is 0 Å². The topological polar surface area (TPSA) is 111 Å². The molecular formula is C25H23IN4O4S3. The van der Waals surface area contributed by atoms with Crippen LogP contribution >= 0.6 is 57.9 Å². The number of rotatable bonds is 8. The largest absolute Gasteiger partial charge is 0.477 e. The first-order valence-corrected chi connectivity index (χ1v) is 15.5. The van der Waals surface area contributed by atoms with E-state index in [1.165, 1.54) is 28.4 Å². The Hall–Kier alpha value is -2.16. The molecule has 5 rings (SSSR count). The molecule has 8 nitrogen and oxygen atoms in total. The van der Waals surface area contributed by atoms with Gasteiger partial charge in [-0.1, -0.05) is 59.9 Å². The Bertz CT molecular complexity index is 1300. The van der Waals surface area contributed by atoms with Gasteiger partial charge in [0.25, 0.3) is 5.91 Å². The van der Waals surface area contributed by atoms with Gasteiger partial charge in [-0.3, -0.25) is 19.5 Å². The van der Waals surface area contributed by atoms with Crippen LogP contribution in [0.5, 0.6) is 0 Å². The van der Waals surface area contributed by atoms with Crippen molar-refractivity contribution in [1.82, 2.24) is 15.5 Å². The Morgan fingerprint density at radius 3 is 2.73 bits per heavy atom. The molecule has 192 valence electrons. The number of carbonyl (C=O) groups is 3. The third kappa shape index (κ3) is 5.96. The number of nitrogens with zero attached hydrogens (tertiary/aromatic N) is 2. The highest BCUT2D eigenvalue weighted by Gasteiger charge is 2.54. The second kappa shape index (κ2) is 11.7. The maximum absolute atomic E-state index is 13.0. The summed E-state index contributed by atoms with van der Waals surface area (Å²) in [6.45, 7) is 1.70. The summed E-state index contributed by atoms with van der Waals surface area (Å²) in [5.41, 5.74) is 2.02. The van der Waals surface area contributed by atoms with Crippen LogP contribution in [-0.4, -0.2) is 63.2 Å². The van der Waals surface area contributed by atoms with Gasteiger partial charge < -0.3 is 15.7 Å². The second-order valence-corrected chi connectivity index (χ2v) is 12.8. The highest BCUT2D eigenvalue weighted by molar-refractivity contribution is 14.1. The van der Waals surface area contributed by atoms with Crippen LogP contribution in [0.25, 0.3) is 0 Å². The van der Waals surface area contributed by atoms with E-state index in [4.69, 9.17) is 0 Å². The van der Waals surface area contributed by atoms with Crippen LogP contribution in [0.3, 0.4) is 0 Å². The molecule has 12 heteroatoms. The maximum atomic E-state index is 13.0. The molecule has 3 N–H and O–H groups in total. The molecule has 0 unspecified atom stereocenters. The van der Waals surface area contributed by atoms with Gasteiger partial charge in [0, 0.05) is 31.4 Å². The first-order chi connectivity index (χ1) is 17.9. The average Bonchev–Trinajstić information content (AvgIpc) is 3.41. The smallest absolute Gasteiger partial charge is 0.353 e. The Morgan fingerprint density at radius 2 is 2.03 bits per heavy atom. The molecule has 3 aliphatic heterocycles. The number of nitrogens with one attached hydrogen (secondary N) is 2. The third-order valence-corrected chi connectivity index (χ3v) is 10.8. The van der Waals surface area contributed by atoms with Crippen LogP contribution in [0.1, 0.15) is 11.1 Å². The minimum Gasteiger partial charge on any atom is -0.477 e. The van der Waals surface area contributed by atoms with Gasteiger partial charge in [-0.2, -0.15) is 0 Å². The summed E-state index contributed by atoms with van der Waals surface area (Å²) in [7, 11) is 0. The number of amidine groups is 1. The Kier molecular flexibility index (Phi) is 8.37. The number of hydrogen-bond acceptors (Lipinski definition) is 8. The zero-order valence-electron chi connectivity index (χ0n) is 19.5. The van der Waals surface area contributed by atoms with Crippen LogP contribution in [0.15, 0.2) is 69.0 Å². The first kappa shape index (κ1) is 26.4. The van der Waals surface area contributed by atoms with E-state index in [1.807, 2.05) is 42.5 Å². The molecule has 0 aliphatic carbocycles. The normalized spacial score (nSPS) is 20.6. The summed E-state index contributed by atoms with van der Waals surface area (Å²) in [6, 6.07) is 14.7. The van der Waals surface area contributed by atoms with E-state index in [-0.39, 0.29) is 23.9 Å². The molecule has 1 fully saturated rings. The number of carboxylic acid groups (broad SMARTS) is 1. The van der Waals surface area contributed by atoms with Gasteiger partial charge in [-0.05, 0) is 45.9 Å². The Morgan fingerprint density at radius 1 is 1.22 bits per heavy atom. The molecule has 0 saturated carbocycles. The SMILES string of the molecule is O=C(Cc1ccccc1)N[C@@H]1C(=O)N2C(C(=O)O)=C(Sc3ccc(CSC4=NCCN4)cc3I)CS[C@H]12. The van der Waals surface area contributed by atoms with Gasteiger partial charge in [0.1, 0.15) is 17.1 Å². The lowest BCUT2D eigenvalue weighted by Crippen LogP contribution is -2.70. The molecule has 3 heterocycles. The monoisotopic (exact) mass is 666 g/mol. The van der Waals surface area contributed by atoms with Crippen molar-refractivity contribution in [2.24, 2.45) is 4.99 Å². The van der Waals surface area contributed by atoms with Crippen molar-refractivity contribution in [2.75, 3.05) is 18.8 Å². The van der Waals surface area contributed by atoms with E-state index < -0.39 is 17.4 Å². The van der Waals surface area contributed by atoms with Crippen molar-refractivity contribution in [2.45, 2.75) is 28.5 Å². The van der Waals surface area contributed by atoms with E-state index >= 15 is 0 Å². The number of hydrogen-bond donors (Lipinski definition) is 3. The summed E-state index contributed by atoms with van der Waals surface area (Å²) in [6.07, 6.45) is 0.169. The average molecular weight is 667 g/mol. The van der Waals surface area contributed by atoms with Crippen molar-refractivity contribution < 1.29 is 19.5 Å². The molecule has 2 amide bonds. The van der Waals surface area contributed by atoms with Gasteiger partial charge in [0.15, 0.2) is 5.17 Å². The van der Waals surface area contributed by atoms with Gasteiger partial charge in [0.2, 0.25) is 5.91 Å². The number of thioether (sulfide) groups is 3. The Labute approximate surface area is 240 Å². The molecule has 37 heavy (non-hydrogen) atoms. The molecule has 3 aliphatic rings. The van der Waals surface area contributed by atoms with Crippen LogP contribution < -0.4 is 10.6 Å². The van der Waals surface area contributed by atoms with Crippen molar-refractivity contribution in [1.29, 1.82) is 0 Å². The fourth-order valence-electron chi connectivity index (χ4n) is 4.15. The fourth-order valence-corrected chi connectivity index (χ4v) is 8.40. The predicted octanol–water partition coefficient (Wildman–Crippen LogP) is 3.51. The molecule has 2 atom stereocenters. The number of aliphatic imine (C=N–C) groups is 1. The lowest BCUT2D eigenvalue weighted by atomic mass is 10.0. The highest BCUT2D eigenvalue weighted by Crippen LogP contribution is 2.46. The van der Waals surface area contributed by atoms with E-state index in [0.717, 1.165) is 43.6 Å². The summed E-state index contributed by atoms with van der Waals surface area (Å²) >= 11 is 6.80. The number of halogens is 1. The summed E-state index contributed by atoms with van der Waals surface area (Å²) in [4.78, 5) is 45.0. The van der Waals surface area contributed by atoms with E-state index in [1.54, 1.807) is 11.8 Å². The van der Waals surface area contributed by atoms with Gasteiger partial charge >= 0.3 is 5.97 Å². The summed E-state index contributed by atoms with van der Waals surface area (Å²) < 4.78 is 1.02. The maximum Gasteiger partial charge on any atom is 0.353 e. The molecule has 0 aromatic heterocycles. The van der Waals surface area contributed by atoms with Gasteiger partial charge in [-0.25, -0.2) is 4.79 Å². The third-order valence-electron chi connectivity index (χ3n) is 5.91. The standard InChI is InChI=1S/C25H23IN4O4S3/c26-16-10-15(12-36-25-27-8-9-28-25)6-7-17(16)37-18-13-35-23-20(22(32)30(23)21(18)24(33)34)29-19(31)11-14-4-2-1-3-5-14/h1-7,10,20,23H,8-9,11-13H2,(H,27,28)(H,29,31)(H,33,34)/t20-,23-/m1/s1. The second-order valence-electron chi connectivity index (χ2n) is 8.46. The lowest BCUT2D eigenvalue weighted by Gasteiger charge is -2.49. The zero-order chi connectivity index (χ0) is 25.9. The molecular weight excluding hydrogens is 643 g/mol. The highest BCUT2D eigenvalue weighted by atomic mass is 127. The zero-order valence-corrected chi connectivity index (χ0v) is 24.1. The summed E-state index contributed by atoms with van der Waals surface area (Å²) in [5, 5.41) is 16.6. The lowest BCUT2D eigenvalue weighted by molar-refractivity contribution is -0.150. The van der Waals surface area contributed by atoms with E-state index in [0.29, 0.717) is 10.7 Å². The minimum absolute atomic E-state index is 0.00746. The minimum atomic E-state index is -1.14. The number of fused-ring (bicyclic) bond motifs is 1. The molecule has 0 radical (unpaired) electrons. The molecule has 2 aromatic rings. The van der Waals surface area contributed by atoms with Crippen LogP contribution in [-0.2, 0) is 26.6 Å². The number of aliphatic carboxylic acids is 1. The number of benzene rings is 2. The summed E-state index contributed by atoms with van der Waals surface area (Å²) in [5.74, 6) is -0.532. The Balaban J connectivity index is 1.25.